The van der Waals surface area contributed by atoms with Crippen LogP contribution in [0.2, 0.25) is 0 Å². The number of amides is 2. The number of nitrogens with zero attached hydrogens (tertiary/aromatic N) is 5. The van der Waals surface area contributed by atoms with E-state index in [1.165, 1.54) is 32.1 Å². The molecule has 17 nitrogen and oxygen atoms in total. The maximum absolute atomic E-state index is 13.7. The lowest BCUT2D eigenvalue weighted by molar-refractivity contribution is -0.126. The molecule has 1 aromatic carbocycles. The fourth-order valence-corrected chi connectivity index (χ4v) is 7.87. The van der Waals surface area contributed by atoms with Gasteiger partial charge in [0.1, 0.15) is 37.6 Å². The number of aldehydes is 1. The van der Waals surface area contributed by atoms with E-state index in [1.54, 1.807) is 48.4 Å². The average molecular weight is 941 g/mol. The molecule has 2 saturated heterocycles. The number of methoxy groups -OCH3 is 3. The third kappa shape index (κ3) is 15.5. The quantitative estimate of drug-likeness (QED) is 0.0177. The van der Waals surface area contributed by atoms with Crippen LogP contribution in [0.4, 0.5) is 5.69 Å². The molecule has 4 heterocycles. The first-order valence-corrected chi connectivity index (χ1v) is 23.1. The van der Waals surface area contributed by atoms with Gasteiger partial charge in [0.2, 0.25) is 0 Å². The molecule has 2 fully saturated rings. The van der Waals surface area contributed by atoms with Crippen molar-refractivity contribution in [1.29, 1.82) is 5.41 Å². The maximum Gasteiger partial charge on any atom is 0.257 e. The zero-order valence-electron chi connectivity index (χ0n) is 40.2. The summed E-state index contributed by atoms with van der Waals surface area (Å²) in [4.78, 5) is 53.8. The van der Waals surface area contributed by atoms with Crippen LogP contribution in [-0.4, -0.2) is 163 Å². The SMILES string of the molecule is C=C/C=C(\C=C(/COCc1cc(OCCN(CCC=O)CCOCCOCCCOC)cc(COc2cc3c(cc2OC)C(=O)N2C/C(=C/C)C[C@H]2C=N3)n1)OC)C(=O)N1C/C(=C/C)CC1C=N. The van der Waals surface area contributed by atoms with Gasteiger partial charge in [0.25, 0.3) is 11.8 Å². The number of carbonyl (C=O) groups is 3. The van der Waals surface area contributed by atoms with Gasteiger partial charge in [-0.05, 0) is 51.3 Å². The van der Waals surface area contributed by atoms with Crippen LogP contribution in [-0.2, 0) is 46.5 Å². The minimum Gasteiger partial charge on any atom is -0.499 e. The summed E-state index contributed by atoms with van der Waals surface area (Å²) in [6.07, 6.45) is 15.4. The van der Waals surface area contributed by atoms with Gasteiger partial charge in [-0.3, -0.25) is 24.5 Å². The molecule has 368 valence electrons. The van der Waals surface area contributed by atoms with Gasteiger partial charge in [-0.15, -0.1) is 0 Å². The molecular weight excluding hydrogens is 873 g/mol. The third-order valence-electron chi connectivity index (χ3n) is 11.6. The van der Waals surface area contributed by atoms with E-state index in [0.29, 0.717) is 136 Å². The third-order valence-corrected chi connectivity index (χ3v) is 11.6. The number of benzene rings is 1. The summed E-state index contributed by atoms with van der Waals surface area (Å²) in [6.45, 7) is 13.5. The fraction of sp³-hybridized carbons (Fsp3) is 0.490. The molecule has 1 unspecified atom stereocenters. The predicted octanol–water partition coefficient (Wildman–Crippen LogP) is 6.24. The van der Waals surface area contributed by atoms with Gasteiger partial charge >= 0.3 is 0 Å². The van der Waals surface area contributed by atoms with Gasteiger partial charge in [-0.2, -0.15) is 0 Å². The van der Waals surface area contributed by atoms with Crippen molar-refractivity contribution in [2.45, 2.75) is 64.8 Å². The Kier molecular flexibility index (Phi) is 22.1. The fourth-order valence-electron chi connectivity index (χ4n) is 7.87. The topological polar surface area (TPSA) is 184 Å². The number of nitrogens with one attached hydrogen (secondary N) is 1. The molecule has 5 rings (SSSR count). The normalized spacial score (nSPS) is 18.2. The molecule has 0 spiro atoms. The Balaban J connectivity index is 1.30. The van der Waals surface area contributed by atoms with Gasteiger partial charge < -0.3 is 57.9 Å². The second kappa shape index (κ2) is 28.4. The number of fused-ring (bicyclic) bond motifs is 2. The Hall–Kier alpha value is -5.98. The molecule has 68 heavy (non-hydrogen) atoms. The first kappa shape index (κ1) is 53.0. The van der Waals surface area contributed by atoms with E-state index in [9.17, 15) is 14.4 Å². The number of rotatable bonds is 30. The molecule has 3 aliphatic heterocycles. The van der Waals surface area contributed by atoms with Crippen LogP contribution in [0, 0.1) is 5.41 Å². The number of aromatic nitrogens is 1. The molecule has 1 aromatic heterocycles. The van der Waals surface area contributed by atoms with Crippen molar-refractivity contribution in [3.05, 3.63) is 101 Å². The first-order chi connectivity index (χ1) is 33.2. The average Bonchev–Trinajstić information content (AvgIpc) is 3.96. The van der Waals surface area contributed by atoms with Crippen molar-refractivity contribution in [3.8, 4) is 17.2 Å². The summed E-state index contributed by atoms with van der Waals surface area (Å²) in [7, 11) is 4.69. The number of aliphatic imine (C=N–C) groups is 1. The largest absolute Gasteiger partial charge is 0.499 e. The number of carbonyl (C=O) groups excluding carboxylic acids is 3. The second-order valence-corrected chi connectivity index (χ2v) is 16.2. The zero-order chi connectivity index (χ0) is 48.7. The van der Waals surface area contributed by atoms with Gasteiger partial charge in [0.05, 0.1) is 75.4 Å². The molecule has 17 heteroatoms. The summed E-state index contributed by atoms with van der Waals surface area (Å²) in [5.74, 6) is 1.32. The van der Waals surface area contributed by atoms with Crippen molar-refractivity contribution in [2.75, 3.05) is 100 Å². The lowest BCUT2D eigenvalue weighted by Gasteiger charge is -2.22. The maximum atomic E-state index is 13.7. The van der Waals surface area contributed by atoms with Gasteiger partial charge in [-0.25, -0.2) is 0 Å². The summed E-state index contributed by atoms with van der Waals surface area (Å²) >= 11 is 0. The van der Waals surface area contributed by atoms with E-state index < -0.39 is 0 Å². The van der Waals surface area contributed by atoms with Crippen molar-refractivity contribution in [1.82, 2.24) is 19.7 Å². The minimum absolute atomic E-state index is 0.0124. The predicted molar refractivity (Wildman–Crippen MR) is 259 cm³/mol. The molecule has 2 amide bonds. The Bertz CT molecular complexity index is 2190. The van der Waals surface area contributed by atoms with Gasteiger partial charge in [0, 0.05) is 95.7 Å². The van der Waals surface area contributed by atoms with Crippen LogP contribution in [0.25, 0.3) is 0 Å². The Morgan fingerprint density at radius 3 is 2.34 bits per heavy atom. The van der Waals surface area contributed by atoms with Crippen LogP contribution in [0.3, 0.4) is 0 Å². The number of hydrogen-bond donors (Lipinski definition) is 1. The summed E-state index contributed by atoms with van der Waals surface area (Å²) in [5.41, 5.74) is 4.63. The Labute approximate surface area is 400 Å². The molecule has 3 aliphatic rings. The molecule has 2 atom stereocenters. The number of pyridine rings is 1. The smallest absolute Gasteiger partial charge is 0.257 e. The highest BCUT2D eigenvalue weighted by atomic mass is 16.5. The van der Waals surface area contributed by atoms with E-state index in [1.807, 2.05) is 31.0 Å². The monoisotopic (exact) mass is 940 g/mol. The van der Waals surface area contributed by atoms with Crippen LogP contribution in [0.1, 0.15) is 61.3 Å². The molecule has 0 radical (unpaired) electrons. The number of hydrogen-bond acceptors (Lipinski definition) is 15. The summed E-state index contributed by atoms with van der Waals surface area (Å²) in [6, 6.07) is 6.51. The van der Waals surface area contributed by atoms with Crippen molar-refractivity contribution in [2.24, 2.45) is 4.99 Å². The highest BCUT2D eigenvalue weighted by Crippen LogP contribution is 2.39. The van der Waals surface area contributed by atoms with E-state index in [0.717, 1.165) is 24.7 Å². The molecule has 1 N–H and O–H groups in total. The van der Waals surface area contributed by atoms with Crippen LogP contribution >= 0.6 is 0 Å². The van der Waals surface area contributed by atoms with Crippen LogP contribution in [0.15, 0.2) is 88.7 Å². The van der Waals surface area contributed by atoms with Crippen molar-refractivity contribution >= 4 is 36.2 Å². The summed E-state index contributed by atoms with van der Waals surface area (Å²) in [5, 5.41) is 7.90. The van der Waals surface area contributed by atoms with Crippen LogP contribution < -0.4 is 14.2 Å². The minimum atomic E-state index is -0.336. The molecule has 0 saturated carbocycles. The molecule has 0 bridgehead atoms. The standard InChI is InChI=1S/C51H68N6O11/c1-7-12-39(50(59)56-32-37(8-2)23-42(56)30-52)25-45(62-5)36-66-34-40-26-44(67-20-15-55(13-10-16-58)14-19-65-22-21-64-18-11-17-61-4)27-41(54-40)35-68-49-29-47-46(28-48(49)63-6)51(60)57-33-38(9-3)24-43(57)31-53-47/h7-9,12,16,25-31,42-43,52H,1,10-11,13-15,17-24,32-36H2,2-6H3/b37-8+,38-9+,39-12+,45-25+,52-30?/t42?,43-/m0/s1. The van der Waals surface area contributed by atoms with E-state index in [4.69, 9.17) is 53.3 Å². The van der Waals surface area contributed by atoms with Gasteiger partial charge in [0.15, 0.2) is 11.5 Å². The molecular formula is C51H68N6O11. The number of allylic oxidation sites excluding steroid dienone is 4. The summed E-state index contributed by atoms with van der Waals surface area (Å²) < 4.78 is 46.6. The molecule has 2 aromatic rings. The van der Waals surface area contributed by atoms with Crippen molar-refractivity contribution in [3.63, 3.8) is 0 Å². The highest BCUT2D eigenvalue weighted by Gasteiger charge is 2.35. The number of likely N-dealkylation sites (tertiary alicyclic amines) is 1. The van der Waals surface area contributed by atoms with E-state index in [2.05, 4.69) is 17.6 Å². The molecule has 0 aliphatic carbocycles. The highest BCUT2D eigenvalue weighted by molar-refractivity contribution is 6.04. The second-order valence-electron chi connectivity index (χ2n) is 16.2. The van der Waals surface area contributed by atoms with E-state index in [-0.39, 0.29) is 43.7 Å². The first-order valence-electron chi connectivity index (χ1n) is 23.1. The number of ether oxygens (including phenoxy) is 8. The zero-order valence-corrected chi connectivity index (χ0v) is 40.2. The van der Waals surface area contributed by atoms with Crippen LogP contribution in [0.5, 0.6) is 17.2 Å². The van der Waals surface area contributed by atoms with E-state index >= 15 is 0 Å². The Morgan fingerprint density at radius 1 is 0.882 bits per heavy atom. The lowest BCUT2D eigenvalue weighted by atomic mass is 10.1. The van der Waals surface area contributed by atoms with Crippen molar-refractivity contribution < 1.29 is 52.3 Å². The Morgan fingerprint density at radius 2 is 1.63 bits per heavy atom. The lowest BCUT2D eigenvalue weighted by Crippen LogP contribution is -2.37. The van der Waals surface area contributed by atoms with Gasteiger partial charge in [-0.1, -0.05) is 36.0 Å².